The molecule has 0 aromatic heterocycles. The van der Waals surface area contributed by atoms with Crippen LogP contribution in [0.2, 0.25) is 0 Å². The normalized spacial score (nSPS) is 27.2. The molecule has 1 N–H and O–H groups in total. The third-order valence-corrected chi connectivity index (χ3v) is 5.19. The summed E-state index contributed by atoms with van der Waals surface area (Å²) in [5.41, 5.74) is 0.223. The summed E-state index contributed by atoms with van der Waals surface area (Å²) < 4.78 is 0. The molecule has 1 aliphatic carbocycles. The zero-order valence-electron chi connectivity index (χ0n) is 11.3. The van der Waals surface area contributed by atoms with Crippen molar-refractivity contribution in [1.29, 1.82) is 0 Å². The Hall–Kier alpha value is -1.07. The Balaban J connectivity index is 2.17. The van der Waals surface area contributed by atoms with E-state index >= 15 is 0 Å². The van der Waals surface area contributed by atoms with Crippen LogP contribution >= 0.6 is 11.8 Å². The summed E-state index contributed by atoms with van der Waals surface area (Å²) in [7, 11) is 1.98. The molecular weight excluding hydrogens is 260 g/mol. The molecular formula is C14H20N2O2S. The quantitative estimate of drug-likeness (QED) is 0.678. The van der Waals surface area contributed by atoms with E-state index in [2.05, 4.69) is 12.2 Å². The average Bonchev–Trinajstić information content (AvgIpc) is 2.39. The summed E-state index contributed by atoms with van der Waals surface area (Å²) >= 11 is 1.65. The maximum absolute atomic E-state index is 11.1. The van der Waals surface area contributed by atoms with E-state index in [0.717, 1.165) is 17.7 Å². The molecule has 4 nitrogen and oxygen atoms in total. The van der Waals surface area contributed by atoms with Crippen molar-refractivity contribution in [2.24, 2.45) is 5.92 Å². The molecule has 0 radical (unpaired) electrons. The van der Waals surface area contributed by atoms with Gasteiger partial charge in [0.1, 0.15) is 0 Å². The van der Waals surface area contributed by atoms with Crippen molar-refractivity contribution in [1.82, 2.24) is 5.32 Å². The summed E-state index contributed by atoms with van der Waals surface area (Å²) in [4.78, 5) is 11.6. The van der Waals surface area contributed by atoms with Crippen LogP contribution in [0.1, 0.15) is 26.2 Å². The van der Waals surface area contributed by atoms with Gasteiger partial charge in [-0.15, -0.1) is 11.8 Å². The SMILES string of the molecule is CNC1CCC(C)CC1Sc1ccccc1[N+](=O)[O-]. The number of thioether (sulfide) groups is 1. The van der Waals surface area contributed by atoms with Crippen molar-refractivity contribution in [2.75, 3.05) is 7.05 Å². The van der Waals surface area contributed by atoms with E-state index < -0.39 is 0 Å². The second kappa shape index (κ2) is 6.39. The van der Waals surface area contributed by atoms with Gasteiger partial charge in [-0.1, -0.05) is 19.1 Å². The second-order valence-corrected chi connectivity index (χ2v) is 6.48. The minimum atomic E-state index is -0.289. The van der Waals surface area contributed by atoms with Crippen LogP contribution in [-0.4, -0.2) is 23.3 Å². The molecule has 5 heteroatoms. The fraction of sp³-hybridized carbons (Fsp3) is 0.571. The Kier molecular flexibility index (Phi) is 4.82. The van der Waals surface area contributed by atoms with Crippen LogP contribution in [0.25, 0.3) is 0 Å². The maximum Gasteiger partial charge on any atom is 0.282 e. The van der Waals surface area contributed by atoms with E-state index in [-0.39, 0.29) is 10.6 Å². The van der Waals surface area contributed by atoms with Crippen molar-refractivity contribution >= 4 is 17.4 Å². The van der Waals surface area contributed by atoms with Gasteiger partial charge in [-0.3, -0.25) is 10.1 Å². The van der Waals surface area contributed by atoms with Crippen molar-refractivity contribution in [3.63, 3.8) is 0 Å². The van der Waals surface area contributed by atoms with Crippen LogP contribution < -0.4 is 5.32 Å². The number of nitrogens with zero attached hydrogens (tertiary/aromatic N) is 1. The van der Waals surface area contributed by atoms with Crippen LogP contribution in [0.15, 0.2) is 29.2 Å². The summed E-state index contributed by atoms with van der Waals surface area (Å²) in [5.74, 6) is 0.699. The highest BCUT2D eigenvalue weighted by Crippen LogP contribution is 2.39. The maximum atomic E-state index is 11.1. The summed E-state index contributed by atoms with van der Waals surface area (Å²) in [6.07, 6.45) is 3.50. The lowest BCUT2D eigenvalue weighted by Gasteiger charge is -2.34. The first-order chi connectivity index (χ1) is 9.11. The highest BCUT2D eigenvalue weighted by Gasteiger charge is 2.30. The van der Waals surface area contributed by atoms with Gasteiger partial charge in [0.25, 0.3) is 5.69 Å². The monoisotopic (exact) mass is 280 g/mol. The minimum Gasteiger partial charge on any atom is -0.316 e. The highest BCUT2D eigenvalue weighted by atomic mass is 32.2. The molecule has 1 fully saturated rings. The first-order valence-corrected chi connectivity index (χ1v) is 7.57. The Morgan fingerprint density at radius 1 is 1.37 bits per heavy atom. The number of hydrogen-bond acceptors (Lipinski definition) is 4. The van der Waals surface area contributed by atoms with E-state index in [1.165, 1.54) is 6.42 Å². The molecule has 0 aliphatic heterocycles. The number of nitro benzene ring substituents is 1. The number of benzene rings is 1. The van der Waals surface area contributed by atoms with E-state index in [1.807, 2.05) is 19.2 Å². The van der Waals surface area contributed by atoms with E-state index in [9.17, 15) is 10.1 Å². The van der Waals surface area contributed by atoms with Crippen LogP contribution in [0, 0.1) is 16.0 Å². The Morgan fingerprint density at radius 2 is 2.11 bits per heavy atom. The molecule has 0 saturated heterocycles. The van der Waals surface area contributed by atoms with Crippen molar-refractivity contribution in [2.45, 2.75) is 42.4 Å². The molecule has 1 aromatic carbocycles. The van der Waals surface area contributed by atoms with Crippen molar-refractivity contribution in [3.05, 3.63) is 34.4 Å². The first-order valence-electron chi connectivity index (χ1n) is 6.69. The lowest BCUT2D eigenvalue weighted by molar-refractivity contribution is -0.387. The lowest BCUT2D eigenvalue weighted by atomic mass is 9.87. The molecule has 1 aromatic rings. The van der Waals surface area contributed by atoms with Crippen molar-refractivity contribution < 1.29 is 4.92 Å². The summed E-state index contributed by atoms with van der Waals surface area (Å²) in [5, 5.41) is 14.8. The smallest absolute Gasteiger partial charge is 0.282 e. The van der Waals surface area contributed by atoms with Crippen LogP contribution in [0.4, 0.5) is 5.69 Å². The van der Waals surface area contributed by atoms with Gasteiger partial charge in [-0.25, -0.2) is 0 Å². The molecule has 0 spiro atoms. The third kappa shape index (κ3) is 3.48. The summed E-state index contributed by atoms with van der Waals surface area (Å²) in [6.45, 7) is 2.26. The molecule has 1 aliphatic rings. The fourth-order valence-corrected chi connectivity index (χ4v) is 4.27. The second-order valence-electron chi connectivity index (χ2n) is 5.19. The van der Waals surface area contributed by atoms with E-state index in [4.69, 9.17) is 0 Å². The van der Waals surface area contributed by atoms with E-state index in [0.29, 0.717) is 17.2 Å². The standard InChI is InChI=1S/C14H20N2O2S/c1-10-7-8-11(15-2)14(9-10)19-13-6-4-3-5-12(13)16(17)18/h3-6,10-11,14-15H,7-9H2,1-2H3. The van der Waals surface area contributed by atoms with Crippen LogP contribution in [0.3, 0.4) is 0 Å². The first kappa shape index (κ1) is 14.3. The van der Waals surface area contributed by atoms with Crippen LogP contribution in [0.5, 0.6) is 0 Å². The van der Waals surface area contributed by atoms with Crippen molar-refractivity contribution in [3.8, 4) is 0 Å². The number of para-hydroxylation sites is 1. The predicted molar refractivity (Wildman–Crippen MR) is 78.6 cm³/mol. The molecule has 104 valence electrons. The van der Waals surface area contributed by atoms with Gasteiger partial charge in [-0.05, 0) is 38.3 Å². The number of rotatable bonds is 4. The molecule has 3 atom stereocenters. The van der Waals surface area contributed by atoms with E-state index in [1.54, 1.807) is 23.9 Å². The Labute approximate surface area is 118 Å². The van der Waals surface area contributed by atoms with Gasteiger partial charge < -0.3 is 5.32 Å². The van der Waals surface area contributed by atoms with Gasteiger partial charge >= 0.3 is 0 Å². The summed E-state index contributed by atoms with van der Waals surface area (Å²) in [6, 6.07) is 7.48. The predicted octanol–water partition coefficient (Wildman–Crippen LogP) is 3.46. The Morgan fingerprint density at radius 3 is 2.79 bits per heavy atom. The lowest BCUT2D eigenvalue weighted by Crippen LogP contribution is -2.40. The third-order valence-electron chi connectivity index (χ3n) is 3.77. The topological polar surface area (TPSA) is 55.2 Å². The average molecular weight is 280 g/mol. The largest absolute Gasteiger partial charge is 0.316 e. The van der Waals surface area contributed by atoms with Gasteiger partial charge in [0, 0.05) is 17.4 Å². The molecule has 19 heavy (non-hydrogen) atoms. The van der Waals surface area contributed by atoms with Gasteiger partial charge in [-0.2, -0.15) is 0 Å². The fourth-order valence-electron chi connectivity index (χ4n) is 2.66. The van der Waals surface area contributed by atoms with Gasteiger partial charge in [0.15, 0.2) is 0 Å². The molecule has 0 heterocycles. The molecule has 3 unspecified atom stereocenters. The number of nitro groups is 1. The molecule has 0 amide bonds. The molecule has 2 rings (SSSR count). The number of hydrogen-bond donors (Lipinski definition) is 1. The zero-order valence-corrected chi connectivity index (χ0v) is 12.2. The van der Waals surface area contributed by atoms with Gasteiger partial charge in [0.05, 0.1) is 9.82 Å². The zero-order chi connectivity index (χ0) is 13.8. The molecule has 1 saturated carbocycles. The van der Waals surface area contributed by atoms with Crippen LogP contribution in [-0.2, 0) is 0 Å². The Bertz CT molecular complexity index is 453. The van der Waals surface area contributed by atoms with Gasteiger partial charge in [0.2, 0.25) is 0 Å². The highest BCUT2D eigenvalue weighted by molar-refractivity contribution is 8.00. The minimum absolute atomic E-state index is 0.223. The molecule has 0 bridgehead atoms. The number of nitrogens with one attached hydrogen (secondary N) is 1.